The van der Waals surface area contributed by atoms with Crippen molar-refractivity contribution in [2.24, 2.45) is 0 Å². The first-order valence-corrected chi connectivity index (χ1v) is 10.7. The number of thiophene rings is 1. The fourth-order valence-corrected chi connectivity index (χ4v) is 4.84. The Morgan fingerprint density at radius 3 is 2.70 bits per heavy atom. The molecule has 0 atom stereocenters. The molecule has 2 aromatic carbocycles. The van der Waals surface area contributed by atoms with E-state index in [1.54, 1.807) is 0 Å². The SMILES string of the molecule is Cc1ccc(OCC(=O)Nc2sc3c(c2C#N)CCN(Cc2ccccc2)C3)cc1. The van der Waals surface area contributed by atoms with Gasteiger partial charge in [0.2, 0.25) is 0 Å². The number of benzene rings is 2. The third-order valence-electron chi connectivity index (χ3n) is 5.14. The molecule has 0 spiro atoms. The van der Waals surface area contributed by atoms with Gasteiger partial charge in [-0.3, -0.25) is 9.69 Å². The van der Waals surface area contributed by atoms with Crippen LogP contribution in [-0.4, -0.2) is 24.0 Å². The summed E-state index contributed by atoms with van der Waals surface area (Å²) in [5.74, 6) is 0.394. The van der Waals surface area contributed by atoms with E-state index < -0.39 is 0 Å². The van der Waals surface area contributed by atoms with Gasteiger partial charge in [-0.1, -0.05) is 48.0 Å². The lowest BCUT2D eigenvalue weighted by atomic mass is 10.0. The van der Waals surface area contributed by atoms with Gasteiger partial charge in [0.15, 0.2) is 6.61 Å². The summed E-state index contributed by atoms with van der Waals surface area (Å²) in [6.45, 7) is 4.48. The first-order chi connectivity index (χ1) is 14.6. The van der Waals surface area contributed by atoms with E-state index >= 15 is 0 Å². The summed E-state index contributed by atoms with van der Waals surface area (Å²) >= 11 is 1.50. The Balaban J connectivity index is 1.40. The van der Waals surface area contributed by atoms with Crippen LogP contribution < -0.4 is 10.1 Å². The van der Waals surface area contributed by atoms with E-state index in [-0.39, 0.29) is 12.5 Å². The summed E-state index contributed by atoms with van der Waals surface area (Å²) in [5.41, 5.74) is 4.08. The number of amides is 1. The quantitative estimate of drug-likeness (QED) is 0.641. The average Bonchev–Trinajstić information content (AvgIpc) is 3.10. The number of carbonyl (C=O) groups is 1. The third-order valence-corrected chi connectivity index (χ3v) is 6.27. The van der Waals surface area contributed by atoms with Crippen LogP contribution in [0, 0.1) is 18.3 Å². The molecule has 1 amide bonds. The van der Waals surface area contributed by atoms with Crippen LogP contribution in [0.15, 0.2) is 54.6 Å². The number of carbonyl (C=O) groups excluding carboxylic acids is 1. The van der Waals surface area contributed by atoms with Crippen molar-refractivity contribution in [2.75, 3.05) is 18.5 Å². The highest BCUT2D eigenvalue weighted by Gasteiger charge is 2.25. The van der Waals surface area contributed by atoms with Gasteiger partial charge in [-0.05, 0) is 36.6 Å². The summed E-state index contributed by atoms with van der Waals surface area (Å²) in [4.78, 5) is 15.9. The predicted octanol–water partition coefficient (Wildman–Crippen LogP) is 4.50. The van der Waals surface area contributed by atoms with E-state index in [0.717, 1.165) is 42.1 Å². The Labute approximate surface area is 180 Å². The third kappa shape index (κ3) is 4.70. The van der Waals surface area contributed by atoms with Crippen LogP contribution >= 0.6 is 11.3 Å². The molecule has 0 aliphatic carbocycles. The predicted molar refractivity (Wildman–Crippen MR) is 119 cm³/mol. The number of aryl methyl sites for hydroxylation is 1. The second-order valence-electron chi connectivity index (χ2n) is 7.42. The first kappa shape index (κ1) is 20.1. The summed E-state index contributed by atoms with van der Waals surface area (Å²) in [7, 11) is 0. The van der Waals surface area contributed by atoms with Crippen molar-refractivity contribution in [1.82, 2.24) is 4.90 Å². The second kappa shape index (κ2) is 9.12. The van der Waals surface area contributed by atoms with Gasteiger partial charge in [-0.15, -0.1) is 11.3 Å². The minimum atomic E-state index is -0.258. The smallest absolute Gasteiger partial charge is 0.262 e. The Bertz CT molecular complexity index is 1070. The maximum atomic E-state index is 12.4. The van der Waals surface area contributed by atoms with Crippen molar-refractivity contribution in [3.63, 3.8) is 0 Å². The zero-order chi connectivity index (χ0) is 20.9. The van der Waals surface area contributed by atoms with E-state index in [0.29, 0.717) is 16.3 Å². The van der Waals surface area contributed by atoms with Crippen LogP contribution in [0.4, 0.5) is 5.00 Å². The van der Waals surface area contributed by atoms with Crippen LogP contribution in [0.3, 0.4) is 0 Å². The normalized spacial score (nSPS) is 13.3. The lowest BCUT2D eigenvalue weighted by Crippen LogP contribution is -2.29. The standard InChI is InChI=1S/C24H23N3O2S/c1-17-7-9-19(10-8-17)29-16-23(28)26-24-21(13-25)20-11-12-27(15-22(20)30-24)14-18-5-3-2-4-6-18/h2-10H,11-12,14-16H2,1H3,(H,26,28). The second-order valence-corrected chi connectivity index (χ2v) is 8.52. The number of nitriles is 1. The molecular weight excluding hydrogens is 394 g/mol. The zero-order valence-corrected chi connectivity index (χ0v) is 17.7. The Morgan fingerprint density at radius 1 is 1.20 bits per heavy atom. The molecule has 2 heterocycles. The maximum absolute atomic E-state index is 12.4. The van der Waals surface area contributed by atoms with Crippen LogP contribution in [0.1, 0.15) is 27.1 Å². The molecule has 0 saturated heterocycles. The van der Waals surface area contributed by atoms with Gasteiger partial charge >= 0.3 is 0 Å². The average molecular weight is 418 g/mol. The van der Waals surface area contributed by atoms with Crippen molar-refractivity contribution in [3.8, 4) is 11.8 Å². The summed E-state index contributed by atoms with van der Waals surface area (Å²) in [6, 6.07) is 20.2. The van der Waals surface area contributed by atoms with Crippen molar-refractivity contribution in [1.29, 1.82) is 5.26 Å². The molecular formula is C24H23N3O2S. The molecule has 1 N–H and O–H groups in total. The minimum absolute atomic E-state index is 0.0867. The number of hydrogen-bond acceptors (Lipinski definition) is 5. The molecule has 0 saturated carbocycles. The van der Waals surface area contributed by atoms with Gasteiger partial charge < -0.3 is 10.1 Å². The molecule has 6 heteroatoms. The fourth-order valence-electron chi connectivity index (χ4n) is 3.59. The topological polar surface area (TPSA) is 65.4 Å². The molecule has 1 aliphatic rings. The highest BCUT2D eigenvalue weighted by atomic mass is 32.1. The van der Waals surface area contributed by atoms with E-state index in [2.05, 4.69) is 40.6 Å². The highest BCUT2D eigenvalue weighted by Crippen LogP contribution is 2.37. The highest BCUT2D eigenvalue weighted by molar-refractivity contribution is 7.16. The lowest BCUT2D eigenvalue weighted by molar-refractivity contribution is -0.118. The molecule has 152 valence electrons. The Hall–Kier alpha value is -3.14. The number of ether oxygens (including phenoxy) is 1. The Kier molecular flexibility index (Phi) is 6.12. The maximum Gasteiger partial charge on any atom is 0.262 e. The van der Waals surface area contributed by atoms with Crippen molar-refractivity contribution < 1.29 is 9.53 Å². The van der Waals surface area contributed by atoms with E-state index in [1.165, 1.54) is 16.9 Å². The monoisotopic (exact) mass is 417 g/mol. The number of rotatable bonds is 6. The molecule has 0 fully saturated rings. The number of nitrogens with zero attached hydrogens (tertiary/aromatic N) is 2. The van der Waals surface area contributed by atoms with E-state index in [4.69, 9.17) is 4.74 Å². The molecule has 1 aromatic heterocycles. The molecule has 3 aromatic rings. The molecule has 1 aliphatic heterocycles. The molecule has 4 rings (SSSR count). The zero-order valence-electron chi connectivity index (χ0n) is 16.9. The van der Waals surface area contributed by atoms with Crippen LogP contribution in [0.2, 0.25) is 0 Å². The number of hydrogen-bond donors (Lipinski definition) is 1. The molecule has 0 radical (unpaired) electrons. The molecule has 5 nitrogen and oxygen atoms in total. The number of nitrogens with one attached hydrogen (secondary N) is 1. The fraction of sp³-hybridized carbons (Fsp3) is 0.250. The summed E-state index contributed by atoms with van der Waals surface area (Å²) in [5, 5.41) is 13.2. The van der Waals surface area contributed by atoms with Gasteiger partial charge in [-0.2, -0.15) is 5.26 Å². The van der Waals surface area contributed by atoms with Gasteiger partial charge in [0, 0.05) is 24.5 Å². The number of anilines is 1. The van der Waals surface area contributed by atoms with Crippen molar-refractivity contribution >= 4 is 22.2 Å². The van der Waals surface area contributed by atoms with Crippen LogP contribution in [-0.2, 0) is 24.3 Å². The van der Waals surface area contributed by atoms with Crippen LogP contribution in [0.5, 0.6) is 5.75 Å². The van der Waals surface area contributed by atoms with E-state index in [1.807, 2.05) is 37.3 Å². The molecule has 0 unspecified atom stereocenters. The van der Waals surface area contributed by atoms with Crippen molar-refractivity contribution in [3.05, 3.63) is 81.7 Å². The van der Waals surface area contributed by atoms with Gasteiger partial charge in [-0.25, -0.2) is 0 Å². The lowest BCUT2D eigenvalue weighted by Gasteiger charge is -2.26. The van der Waals surface area contributed by atoms with E-state index in [9.17, 15) is 10.1 Å². The summed E-state index contributed by atoms with van der Waals surface area (Å²) in [6.07, 6.45) is 0.817. The summed E-state index contributed by atoms with van der Waals surface area (Å²) < 4.78 is 5.56. The largest absolute Gasteiger partial charge is 0.484 e. The molecule has 30 heavy (non-hydrogen) atoms. The Morgan fingerprint density at radius 2 is 1.97 bits per heavy atom. The van der Waals surface area contributed by atoms with Crippen molar-refractivity contribution in [2.45, 2.75) is 26.4 Å². The van der Waals surface area contributed by atoms with Crippen LogP contribution in [0.25, 0.3) is 0 Å². The first-order valence-electron chi connectivity index (χ1n) is 9.92. The van der Waals surface area contributed by atoms with Gasteiger partial charge in [0.1, 0.15) is 16.8 Å². The number of fused-ring (bicyclic) bond motifs is 1. The molecule has 0 bridgehead atoms. The minimum Gasteiger partial charge on any atom is -0.484 e. The van der Waals surface area contributed by atoms with Gasteiger partial charge in [0.25, 0.3) is 5.91 Å². The van der Waals surface area contributed by atoms with Gasteiger partial charge in [0.05, 0.1) is 5.56 Å².